The zero-order valence-electron chi connectivity index (χ0n) is 16.4. The van der Waals surface area contributed by atoms with Gasteiger partial charge in [0.2, 0.25) is 0 Å². The van der Waals surface area contributed by atoms with Crippen LogP contribution < -0.4 is 4.74 Å². The highest BCUT2D eigenvalue weighted by Gasteiger charge is 2.46. The van der Waals surface area contributed by atoms with Crippen molar-refractivity contribution < 1.29 is 33.3 Å². The van der Waals surface area contributed by atoms with Gasteiger partial charge in [0.1, 0.15) is 17.3 Å². The van der Waals surface area contributed by atoms with Crippen LogP contribution in [0, 0.1) is 5.82 Å². The maximum Gasteiger partial charge on any atom is 0.296 e. The molecule has 8 heteroatoms. The molecule has 2 aromatic carbocycles. The minimum absolute atomic E-state index is 0.00367. The summed E-state index contributed by atoms with van der Waals surface area (Å²) < 4.78 is 24.4. The molecule has 1 amide bonds. The van der Waals surface area contributed by atoms with Gasteiger partial charge in [-0.25, -0.2) is 4.39 Å². The molecule has 4 rings (SSSR count). The first-order valence-corrected chi connectivity index (χ1v) is 9.34. The average molecular weight is 423 g/mol. The molecule has 1 unspecified atom stereocenters. The highest BCUT2D eigenvalue weighted by molar-refractivity contribution is 6.46. The van der Waals surface area contributed by atoms with Gasteiger partial charge >= 0.3 is 0 Å². The van der Waals surface area contributed by atoms with E-state index in [0.29, 0.717) is 11.3 Å². The van der Waals surface area contributed by atoms with E-state index in [0.717, 1.165) is 6.07 Å². The summed E-state index contributed by atoms with van der Waals surface area (Å²) in [6, 6.07) is 12.0. The Morgan fingerprint density at radius 2 is 1.90 bits per heavy atom. The average Bonchev–Trinajstić information content (AvgIpc) is 3.36. The minimum atomic E-state index is -0.962. The molecular weight excluding hydrogens is 405 g/mol. The molecule has 1 fully saturated rings. The number of aromatic hydroxyl groups is 1. The van der Waals surface area contributed by atoms with Crippen molar-refractivity contribution in [2.45, 2.75) is 12.6 Å². The molecule has 158 valence electrons. The van der Waals surface area contributed by atoms with Crippen molar-refractivity contribution >= 4 is 17.4 Å². The number of hydrogen-bond acceptors (Lipinski definition) is 6. The number of benzene rings is 2. The van der Waals surface area contributed by atoms with Gasteiger partial charge in [-0.15, -0.1) is 0 Å². The fraction of sp³-hybridized carbons (Fsp3) is 0.130. The van der Waals surface area contributed by atoms with E-state index in [1.165, 1.54) is 42.5 Å². The summed E-state index contributed by atoms with van der Waals surface area (Å²) in [5.74, 6) is -2.55. The SMILES string of the molecule is COc1ccc(/C(O)=C2\C(=O)C(=O)N(Cc3ccco3)C2c2ccc(O)cc2)cc1F. The normalized spacial score (nSPS) is 17.9. The number of rotatable bonds is 5. The number of ketones is 1. The molecule has 1 aliphatic heterocycles. The van der Waals surface area contributed by atoms with Gasteiger partial charge in [-0.1, -0.05) is 12.1 Å². The Kier molecular flexibility index (Phi) is 5.21. The Bertz CT molecular complexity index is 1170. The molecule has 0 saturated carbocycles. The zero-order valence-corrected chi connectivity index (χ0v) is 16.4. The van der Waals surface area contributed by atoms with Gasteiger partial charge in [-0.3, -0.25) is 9.59 Å². The first kappa shape index (κ1) is 20.2. The number of aliphatic hydroxyl groups is 1. The van der Waals surface area contributed by atoms with Crippen LogP contribution in [0.1, 0.15) is 22.9 Å². The van der Waals surface area contributed by atoms with E-state index in [1.807, 2.05) is 0 Å². The van der Waals surface area contributed by atoms with Crippen molar-refractivity contribution in [1.82, 2.24) is 4.90 Å². The van der Waals surface area contributed by atoms with Crippen LogP contribution in [0.5, 0.6) is 11.5 Å². The number of carbonyl (C=O) groups is 2. The van der Waals surface area contributed by atoms with E-state index >= 15 is 0 Å². The fourth-order valence-corrected chi connectivity index (χ4v) is 3.59. The number of phenolic OH excluding ortho intramolecular Hbond substituents is 1. The number of amides is 1. The van der Waals surface area contributed by atoms with E-state index in [-0.39, 0.29) is 29.2 Å². The molecule has 1 aromatic heterocycles. The summed E-state index contributed by atoms with van der Waals surface area (Å²) in [5, 5.41) is 20.6. The third kappa shape index (κ3) is 3.63. The van der Waals surface area contributed by atoms with Gasteiger partial charge in [0.25, 0.3) is 11.7 Å². The molecule has 7 nitrogen and oxygen atoms in total. The summed E-state index contributed by atoms with van der Waals surface area (Å²) in [6.07, 6.45) is 1.45. The Labute approximate surface area is 176 Å². The van der Waals surface area contributed by atoms with Crippen molar-refractivity contribution in [3.8, 4) is 11.5 Å². The van der Waals surface area contributed by atoms with Crippen molar-refractivity contribution in [2.24, 2.45) is 0 Å². The molecule has 3 aromatic rings. The van der Waals surface area contributed by atoms with Crippen LogP contribution in [0.3, 0.4) is 0 Å². The summed E-state index contributed by atoms with van der Waals surface area (Å²) in [7, 11) is 1.31. The second-order valence-corrected chi connectivity index (χ2v) is 6.95. The predicted octanol–water partition coefficient (Wildman–Crippen LogP) is 3.75. The Balaban J connectivity index is 1.86. The van der Waals surface area contributed by atoms with Crippen LogP contribution in [0.15, 0.2) is 70.9 Å². The number of halogens is 1. The van der Waals surface area contributed by atoms with Crippen LogP contribution in [0.4, 0.5) is 4.39 Å². The van der Waals surface area contributed by atoms with E-state index in [2.05, 4.69) is 0 Å². The van der Waals surface area contributed by atoms with Crippen molar-refractivity contribution in [1.29, 1.82) is 0 Å². The van der Waals surface area contributed by atoms with Gasteiger partial charge in [0.05, 0.1) is 31.5 Å². The quantitative estimate of drug-likeness (QED) is 0.368. The van der Waals surface area contributed by atoms with E-state index in [9.17, 15) is 24.2 Å². The van der Waals surface area contributed by atoms with E-state index in [4.69, 9.17) is 9.15 Å². The summed E-state index contributed by atoms with van der Waals surface area (Å²) in [5.41, 5.74) is 0.323. The van der Waals surface area contributed by atoms with Gasteiger partial charge in [-0.2, -0.15) is 0 Å². The maximum atomic E-state index is 14.2. The van der Waals surface area contributed by atoms with Crippen LogP contribution in [0.2, 0.25) is 0 Å². The smallest absolute Gasteiger partial charge is 0.296 e. The molecule has 0 spiro atoms. The number of furan rings is 1. The monoisotopic (exact) mass is 423 g/mol. The van der Waals surface area contributed by atoms with E-state index < -0.39 is 29.3 Å². The number of carbonyl (C=O) groups excluding carboxylic acids is 2. The number of aliphatic hydroxyl groups excluding tert-OH is 1. The largest absolute Gasteiger partial charge is 0.508 e. The highest BCUT2D eigenvalue weighted by atomic mass is 19.1. The Morgan fingerprint density at radius 3 is 2.52 bits per heavy atom. The molecule has 31 heavy (non-hydrogen) atoms. The molecule has 1 saturated heterocycles. The van der Waals surface area contributed by atoms with Crippen LogP contribution >= 0.6 is 0 Å². The Hall–Kier alpha value is -4.07. The van der Waals surface area contributed by atoms with Crippen molar-refractivity contribution in [2.75, 3.05) is 7.11 Å². The van der Waals surface area contributed by atoms with Gasteiger partial charge in [0.15, 0.2) is 11.6 Å². The molecule has 2 heterocycles. The molecule has 0 bridgehead atoms. The molecule has 0 aliphatic carbocycles. The highest BCUT2D eigenvalue weighted by Crippen LogP contribution is 2.41. The maximum absolute atomic E-state index is 14.2. The van der Waals surface area contributed by atoms with Gasteiger partial charge < -0.3 is 24.3 Å². The number of likely N-dealkylation sites (tertiary alicyclic amines) is 1. The second-order valence-electron chi connectivity index (χ2n) is 6.95. The van der Waals surface area contributed by atoms with Gasteiger partial charge in [0, 0.05) is 5.56 Å². The number of methoxy groups -OCH3 is 1. The fourth-order valence-electron chi connectivity index (χ4n) is 3.59. The zero-order chi connectivity index (χ0) is 22.1. The van der Waals surface area contributed by atoms with Gasteiger partial charge in [-0.05, 0) is 48.0 Å². The summed E-state index contributed by atoms with van der Waals surface area (Å²) in [6.45, 7) is -0.0170. The third-order valence-corrected chi connectivity index (χ3v) is 5.08. The lowest BCUT2D eigenvalue weighted by atomic mass is 9.95. The molecule has 1 aliphatic rings. The number of phenols is 1. The first-order chi connectivity index (χ1) is 14.9. The first-order valence-electron chi connectivity index (χ1n) is 9.34. The number of ether oxygens (including phenoxy) is 1. The van der Waals surface area contributed by atoms with E-state index in [1.54, 1.807) is 24.3 Å². The van der Waals surface area contributed by atoms with Crippen molar-refractivity contribution in [3.63, 3.8) is 0 Å². The standard InChI is InChI=1S/C23H18FNO6/c1-30-18-9-6-14(11-17(18)24)21(27)19-20(13-4-7-15(26)8-5-13)25(23(29)22(19)28)12-16-3-2-10-31-16/h2-11,20,26-27H,12H2,1H3/b21-19+. The predicted molar refractivity (Wildman–Crippen MR) is 108 cm³/mol. The van der Waals surface area contributed by atoms with Crippen molar-refractivity contribution in [3.05, 3.63) is 89.1 Å². The third-order valence-electron chi connectivity index (χ3n) is 5.08. The minimum Gasteiger partial charge on any atom is -0.508 e. The summed E-state index contributed by atoms with van der Waals surface area (Å²) >= 11 is 0. The van der Waals surface area contributed by atoms with Crippen LogP contribution in [0.25, 0.3) is 5.76 Å². The lowest BCUT2D eigenvalue weighted by Gasteiger charge is -2.24. The second kappa shape index (κ2) is 7.98. The Morgan fingerprint density at radius 1 is 1.16 bits per heavy atom. The van der Waals surface area contributed by atoms with Crippen LogP contribution in [-0.4, -0.2) is 33.9 Å². The molecule has 2 N–H and O–H groups in total. The number of nitrogens with zero attached hydrogens (tertiary/aromatic N) is 1. The van der Waals surface area contributed by atoms with Crippen LogP contribution in [-0.2, 0) is 16.1 Å². The summed E-state index contributed by atoms with van der Waals surface area (Å²) in [4.78, 5) is 27.0. The number of Topliss-reactive ketones (excluding diaryl/α,β-unsaturated/α-hetero) is 1. The topological polar surface area (TPSA) is 100 Å². The lowest BCUT2D eigenvalue weighted by Crippen LogP contribution is -2.29. The lowest BCUT2D eigenvalue weighted by molar-refractivity contribution is -0.140. The molecular formula is C23H18FNO6. The molecule has 0 radical (unpaired) electrons. The number of hydrogen-bond donors (Lipinski definition) is 2. The molecule has 1 atom stereocenters.